The van der Waals surface area contributed by atoms with E-state index in [1.807, 2.05) is 0 Å². The minimum atomic E-state index is -4.65. The Kier molecular flexibility index (Phi) is 5.17. The van der Waals surface area contributed by atoms with Crippen LogP contribution in [0.4, 0.5) is 18.9 Å². The molecule has 2 amide bonds. The average molecular weight is 344 g/mol. The van der Waals surface area contributed by atoms with Crippen molar-refractivity contribution in [2.75, 3.05) is 11.9 Å². The van der Waals surface area contributed by atoms with Gasteiger partial charge >= 0.3 is 6.18 Å². The van der Waals surface area contributed by atoms with Crippen molar-refractivity contribution in [1.82, 2.24) is 5.32 Å². The van der Waals surface area contributed by atoms with Crippen LogP contribution in [-0.4, -0.2) is 29.1 Å². The zero-order valence-corrected chi connectivity index (χ0v) is 13.2. The molecule has 1 aromatic carbocycles. The first kappa shape index (κ1) is 18.3. The molecule has 132 valence electrons. The molecule has 24 heavy (non-hydrogen) atoms. The minimum Gasteiger partial charge on any atom is -0.394 e. The summed E-state index contributed by atoms with van der Waals surface area (Å²) in [5.74, 6) is -1.24. The first-order chi connectivity index (χ1) is 11.1. The van der Waals surface area contributed by atoms with Gasteiger partial charge in [-0.2, -0.15) is 13.2 Å². The van der Waals surface area contributed by atoms with Gasteiger partial charge in [0.2, 0.25) is 5.91 Å². The smallest absolute Gasteiger partial charge is 0.394 e. The summed E-state index contributed by atoms with van der Waals surface area (Å²) in [5.41, 5.74) is -2.14. The number of hydrogen-bond donors (Lipinski definition) is 3. The van der Waals surface area contributed by atoms with Crippen molar-refractivity contribution in [2.45, 2.75) is 44.3 Å². The Morgan fingerprint density at radius 3 is 2.33 bits per heavy atom. The number of amides is 2. The molecule has 2 rings (SSSR count). The third kappa shape index (κ3) is 4.25. The van der Waals surface area contributed by atoms with Gasteiger partial charge in [0, 0.05) is 18.2 Å². The second kappa shape index (κ2) is 6.80. The highest BCUT2D eigenvalue weighted by molar-refractivity contribution is 5.97. The molecule has 3 N–H and O–H groups in total. The van der Waals surface area contributed by atoms with Crippen LogP contribution in [0, 0.1) is 0 Å². The van der Waals surface area contributed by atoms with E-state index in [2.05, 4.69) is 10.6 Å². The fourth-order valence-corrected chi connectivity index (χ4v) is 2.89. The third-order valence-corrected chi connectivity index (χ3v) is 4.08. The van der Waals surface area contributed by atoms with Gasteiger partial charge in [-0.15, -0.1) is 0 Å². The van der Waals surface area contributed by atoms with Crippen LogP contribution in [0.1, 0.15) is 48.5 Å². The summed E-state index contributed by atoms with van der Waals surface area (Å²) in [6.45, 7) is 0.898. The predicted octanol–water partition coefficient (Wildman–Crippen LogP) is 2.70. The maximum absolute atomic E-state index is 13.0. The number of aliphatic hydroxyl groups is 1. The molecule has 0 saturated heterocycles. The number of rotatable bonds is 4. The van der Waals surface area contributed by atoms with Gasteiger partial charge in [0.25, 0.3) is 5.91 Å². The first-order valence-electron chi connectivity index (χ1n) is 7.58. The third-order valence-electron chi connectivity index (χ3n) is 4.08. The van der Waals surface area contributed by atoms with Crippen molar-refractivity contribution >= 4 is 17.5 Å². The van der Waals surface area contributed by atoms with Gasteiger partial charge in [-0.1, -0.05) is 12.8 Å². The Balaban J connectivity index is 2.33. The van der Waals surface area contributed by atoms with Crippen molar-refractivity contribution in [3.05, 3.63) is 29.3 Å². The van der Waals surface area contributed by atoms with Gasteiger partial charge in [-0.25, -0.2) is 0 Å². The number of nitrogens with one attached hydrogen (secondary N) is 2. The molecular formula is C16H19F3N2O3. The van der Waals surface area contributed by atoms with E-state index in [9.17, 15) is 27.9 Å². The normalized spacial score (nSPS) is 16.7. The SMILES string of the molecule is CC(=O)Nc1cc(C(=O)NC2(CO)CCCC2)cc(C(F)(F)F)c1. The lowest BCUT2D eigenvalue weighted by atomic mass is 9.97. The quantitative estimate of drug-likeness (QED) is 0.786. The summed E-state index contributed by atoms with van der Waals surface area (Å²) in [5, 5.41) is 14.4. The van der Waals surface area contributed by atoms with Crippen molar-refractivity contribution < 1.29 is 27.9 Å². The molecule has 1 saturated carbocycles. The van der Waals surface area contributed by atoms with Crippen LogP contribution >= 0.6 is 0 Å². The topological polar surface area (TPSA) is 78.4 Å². The molecule has 1 aliphatic carbocycles. The second-order valence-electron chi connectivity index (χ2n) is 6.08. The molecule has 1 aromatic rings. The lowest BCUT2D eigenvalue weighted by Crippen LogP contribution is -2.49. The van der Waals surface area contributed by atoms with Gasteiger partial charge in [-0.05, 0) is 31.0 Å². The summed E-state index contributed by atoms with van der Waals surface area (Å²) < 4.78 is 39.0. The molecule has 0 aliphatic heterocycles. The van der Waals surface area contributed by atoms with E-state index < -0.39 is 29.1 Å². The molecule has 0 bridgehead atoms. The van der Waals surface area contributed by atoms with Crippen LogP contribution in [-0.2, 0) is 11.0 Å². The van der Waals surface area contributed by atoms with Crippen molar-refractivity contribution in [3.8, 4) is 0 Å². The molecule has 5 nitrogen and oxygen atoms in total. The Bertz CT molecular complexity index is 638. The summed E-state index contributed by atoms with van der Waals surface area (Å²) >= 11 is 0. The van der Waals surface area contributed by atoms with Gasteiger partial charge in [0.1, 0.15) is 0 Å². The molecule has 0 unspecified atom stereocenters. The summed E-state index contributed by atoms with van der Waals surface area (Å²) in [4.78, 5) is 23.5. The molecule has 0 radical (unpaired) electrons. The zero-order chi connectivity index (χ0) is 18.0. The molecule has 1 aliphatic rings. The lowest BCUT2D eigenvalue weighted by Gasteiger charge is -2.28. The van der Waals surface area contributed by atoms with E-state index >= 15 is 0 Å². The van der Waals surface area contributed by atoms with E-state index in [-0.39, 0.29) is 17.9 Å². The highest BCUT2D eigenvalue weighted by atomic mass is 19.4. The highest BCUT2D eigenvalue weighted by Gasteiger charge is 2.36. The van der Waals surface area contributed by atoms with Crippen LogP contribution in [0.2, 0.25) is 0 Å². The van der Waals surface area contributed by atoms with Crippen LogP contribution in [0.5, 0.6) is 0 Å². The summed E-state index contributed by atoms with van der Waals surface area (Å²) in [6.07, 6.45) is -1.83. The Morgan fingerprint density at radius 2 is 1.83 bits per heavy atom. The largest absolute Gasteiger partial charge is 0.416 e. The molecule has 1 fully saturated rings. The summed E-state index contributed by atoms with van der Waals surface area (Å²) in [7, 11) is 0. The second-order valence-corrected chi connectivity index (χ2v) is 6.08. The maximum atomic E-state index is 13.0. The van der Waals surface area contributed by atoms with Crippen LogP contribution in [0.15, 0.2) is 18.2 Å². The predicted molar refractivity (Wildman–Crippen MR) is 81.5 cm³/mol. The van der Waals surface area contributed by atoms with Gasteiger partial charge in [0.15, 0.2) is 0 Å². The number of carbonyl (C=O) groups excluding carboxylic acids is 2. The minimum absolute atomic E-state index is 0.105. The number of hydrogen-bond acceptors (Lipinski definition) is 3. The highest BCUT2D eigenvalue weighted by Crippen LogP contribution is 2.33. The van der Waals surface area contributed by atoms with Crippen LogP contribution in [0.3, 0.4) is 0 Å². The standard InChI is InChI=1S/C16H19F3N2O3/c1-10(23)20-13-7-11(6-12(8-13)16(17,18)19)14(24)21-15(9-22)4-2-3-5-15/h6-8,22H,2-5,9H2,1H3,(H,20,23)(H,21,24). The van der Waals surface area contributed by atoms with E-state index in [0.29, 0.717) is 12.8 Å². The van der Waals surface area contributed by atoms with Crippen molar-refractivity contribution in [1.29, 1.82) is 0 Å². The van der Waals surface area contributed by atoms with E-state index in [0.717, 1.165) is 25.0 Å². The Morgan fingerprint density at radius 1 is 1.21 bits per heavy atom. The number of carbonyl (C=O) groups is 2. The lowest BCUT2D eigenvalue weighted by molar-refractivity contribution is -0.137. The molecule has 8 heteroatoms. The molecule has 0 heterocycles. The van der Waals surface area contributed by atoms with Crippen LogP contribution in [0.25, 0.3) is 0 Å². The number of aliphatic hydroxyl groups excluding tert-OH is 1. The van der Waals surface area contributed by atoms with Crippen molar-refractivity contribution in [2.24, 2.45) is 0 Å². The summed E-state index contributed by atoms with van der Waals surface area (Å²) in [6, 6.07) is 2.70. The molecule has 0 spiro atoms. The van der Waals surface area contributed by atoms with Gasteiger partial charge in [0.05, 0.1) is 17.7 Å². The number of halogens is 3. The van der Waals surface area contributed by atoms with E-state index in [1.165, 1.54) is 13.0 Å². The number of benzene rings is 1. The zero-order valence-electron chi connectivity index (χ0n) is 13.2. The van der Waals surface area contributed by atoms with E-state index in [4.69, 9.17) is 0 Å². The number of alkyl halides is 3. The molecule has 0 atom stereocenters. The Hall–Kier alpha value is -2.09. The fourth-order valence-electron chi connectivity index (χ4n) is 2.89. The van der Waals surface area contributed by atoms with Crippen molar-refractivity contribution in [3.63, 3.8) is 0 Å². The van der Waals surface area contributed by atoms with Crippen LogP contribution < -0.4 is 10.6 Å². The fraction of sp³-hybridized carbons (Fsp3) is 0.500. The molecular weight excluding hydrogens is 325 g/mol. The maximum Gasteiger partial charge on any atom is 0.416 e. The Labute approximate surface area is 137 Å². The average Bonchev–Trinajstić information content (AvgIpc) is 2.94. The monoisotopic (exact) mass is 344 g/mol. The first-order valence-corrected chi connectivity index (χ1v) is 7.58. The molecule has 0 aromatic heterocycles. The van der Waals surface area contributed by atoms with E-state index in [1.54, 1.807) is 0 Å². The van der Waals surface area contributed by atoms with Gasteiger partial charge in [-0.3, -0.25) is 9.59 Å². The van der Waals surface area contributed by atoms with Gasteiger partial charge < -0.3 is 15.7 Å². The number of anilines is 1.